The third kappa shape index (κ3) is 4.55. The van der Waals surface area contributed by atoms with Crippen LogP contribution in [0.5, 0.6) is 0 Å². The molecule has 0 atom stereocenters. The average Bonchev–Trinajstić information content (AvgIpc) is 2.52. The third-order valence-corrected chi connectivity index (χ3v) is 6.01. The summed E-state index contributed by atoms with van der Waals surface area (Å²) in [7, 11) is -4.26. The summed E-state index contributed by atoms with van der Waals surface area (Å²) in [5.74, 6) is -1.94. The first-order valence-electron chi connectivity index (χ1n) is 6.77. The fraction of sp³-hybridized carbons (Fsp3) is 0.133. The zero-order valence-corrected chi connectivity index (χ0v) is 15.5. The van der Waals surface area contributed by atoms with E-state index in [9.17, 15) is 17.6 Å². The van der Waals surface area contributed by atoms with E-state index in [1.807, 2.05) is 0 Å². The van der Waals surface area contributed by atoms with Gasteiger partial charge < -0.3 is 5.11 Å². The predicted octanol–water partition coefficient (Wildman–Crippen LogP) is 4.46. The first-order valence-corrected chi connectivity index (χ1v) is 9.35. The lowest BCUT2D eigenvalue weighted by atomic mass is 10.3. The first-order chi connectivity index (χ1) is 11.6. The average molecular weight is 427 g/mol. The first kappa shape index (κ1) is 19.8. The number of anilines is 1. The van der Waals surface area contributed by atoms with Gasteiger partial charge in [0.25, 0.3) is 10.0 Å². The Morgan fingerprint density at radius 3 is 2.36 bits per heavy atom. The van der Waals surface area contributed by atoms with Gasteiger partial charge in [0.15, 0.2) is 0 Å². The Balaban J connectivity index is 2.58. The lowest BCUT2D eigenvalue weighted by Gasteiger charge is -2.24. The Morgan fingerprint density at radius 2 is 1.76 bits per heavy atom. The second-order valence-electron chi connectivity index (χ2n) is 4.89. The van der Waals surface area contributed by atoms with Crippen molar-refractivity contribution in [3.63, 3.8) is 0 Å². The van der Waals surface area contributed by atoms with E-state index in [1.54, 1.807) is 0 Å². The number of sulfonamides is 1. The van der Waals surface area contributed by atoms with Crippen molar-refractivity contribution in [1.82, 2.24) is 0 Å². The molecule has 0 radical (unpaired) electrons. The molecule has 25 heavy (non-hydrogen) atoms. The Morgan fingerprint density at radius 1 is 1.08 bits per heavy atom. The molecule has 0 unspecified atom stereocenters. The van der Waals surface area contributed by atoms with Crippen LogP contribution in [0.2, 0.25) is 15.1 Å². The summed E-state index contributed by atoms with van der Waals surface area (Å²) < 4.78 is 40.1. The van der Waals surface area contributed by atoms with E-state index in [0.29, 0.717) is 0 Å². The molecule has 134 valence electrons. The van der Waals surface area contributed by atoms with Gasteiger partial charge in [-0.25, -0.2) is 12.8 Å². The fourth-order valence-electron chi connectivity index (χ4n) is 2.02. The molecule has 1 N–H and O–H groups in total. The van der Waals surface area contributed by atoms with Crippen LogP contribution in [0, 0.1) is 5.82 Å². The zero-order chi connectivity index (χ0) is 18.8. The maximum absolute atomic E-state index is 13.4. The maximum atomic E-state index is 13.4. The van der Waals surface area contributed by atoms with E-state index in [1.165, 1.54) is 18.2 Å². The smallest absolute Gasteiger partial charge is 0.305 e. The van der Waals surface area contributed by atoms with Crippen LogP contribution in [0.1, 0.15) is 6.42 Å². The summed E-state index contributed by atoms with van der Waals surface area (Å²) in [5, 5.41) is 8.64. The molecular formula is C15H11Cl3FNO4S. The minimum atomic E-state index is -4.26. The van der Waals surface area contributed by atoms with Crippen molar-refractivity contribution in [2.45, 2.75) is 11.3 Å². The molecule has 2 aromatic carbocycles. The highest BCUT2D eigenvalue weighted by Crippen LogP contribution is 2.32. The van der Waals surface area contributed by atoms with Crippen LogP contribution in [0.3, 0.4) is 0 Å². The van der Waals surface area contributed by atoms with Gasteiger partial charge in [0.1, 0.15) is 10.7 Å². The van der Waals surface area contributed by atoms with Gasteiger partial charge >= 0.3 is 5.97 Å². The highest BCUT2D eigenvalue weighted by Gasteiger charge is 2.28. The van der Waals surface area contributed by atoms with Gasteiger partial charge in [0, 0.05) is 11.6 Å². The molecule has 0 amide bonds. The molecule has 10 heteroatoms. The molecule has 0 saturated carbocycles. The van der Waals surface area contributed by atoms with Crippen LogP contribution in [0.25, 0.3) is 0 Å². The summed E-state index contributed by atoms with van der Waals surface area (Å²) in [6.45, 7) is -0.400. The molecule has 0 bridgehead atoms. The van der Waals surface area contributed by atoms with E-state index in [4.69, 9.17) is 39.9 Å². The Hall–Kier alpha value is -1.54. The second-order valence-corrected chi connectivity index (χ2v) is 7.98. The SMILES string of the molecule is O=C(O)CCN(c1ccc(F)c(Cl)c1)S(=O)(=O)c1cc(Cl)ccc1Cl. The molecule has 0 fully saturated rings. The molecule has 5 nitrogen and oxygen atoms in total. The van der Waals surface area contributed by atoms with E-state index in [0.717, 1.165) is 22.5 Å². The third-order valence-electron chi connectivity index (χ3n) is 3.18. The van der Waals surface area contributed by atoms with Crippen LogP contribution >= 0.6 is 34.8 Å². The summed E-state index contributed by atoms with van der Waals surface area (Å²) in [4.78, 5) is 10.6. The van der Waals surface area contributed by atoms with Gasteiger partial charge in [-0.1, -0.05) is 34.8 Å². The van der Waals surface area contributed by atoms with Crippen molar-refractivity contribution >= 4 is 56.5 Å². The minimum absolute atomic E-state index is 0.00342. The molecular weight excluding hydrogens is 416 g/mol. The molecule has 0 aliphatic heterocycles. The predicted molar refractivity (Wildman–Crippen MR) is 94.7 cm³/mol. The number of carbonyl (C=O) groups is 1. The van der Waals surface area contributed by atoms with Crippen LogP contribution in [0.15, 0.2) is 41.3 Å². The molecule has 0 saturated heterocycles. The highest BCUT2D eigenvalue weighted by atomic mass is 35.5. The van der Waals surface area contributed by atoms with Crippen molar-refractivity contribution < 1.29 is 22.7 Å². The van der Waals surface area contributed by atoms with Crippen molar-refractivity contribution in [3.05, 3.63) is 57.3 Å². The lowest BCUT2D eigenvalue weighted by molar-refractivity contribution is -0.136. The largest absolute Gasteiger partial charge is 0.481 e. The van der Waals surface area contributed by atoms with Crippen LogP contribution in [-0.4, -0.2) is 26.0 Å². The fourth-order valence-corrected chi connectivity index (χ4v) is 4.39. The monoisotopic (exact) mass is 425 g/mol. The second kappa shape index (κ2) is 7.78. The Bertz CT molecular complexity index is 921. The Kier molecular flexibility index (Phi) is 6.16. The highest BCUT2D eigenvalue weighted by molar-refractivity contribution is 7.93. The molecule has 0 aliphatic rings. The minimum Gasteiger partial charge on any atom is -0.481 e. The van der Waals surface area contributed by atoms with E-state index in [2.05, 4.69) is 0 Å². The maximum Gasteiger partial charge on any atom is 0.305 e. The van der Waals surface area contributed by atoms with Gasteiger partial charge in [-0.2, -0.15) is 0 Å². The molecule has 0 spiro atoms. The number of aliphatic carboxylic acids is 1. The van der Waals surface area contributed by atoms with Crippen molar-refractivity contribution in [3.8, 4) is 0 Å². The zero-order valence-electron chi connectivity index (χ0n) is 12.4. The molecule has 0 aliphatic carbocycles. The van der Waals surface area contributed by atoms with Crippen LogP contribution in [0.4, 0.5) is 10.1 Å². The van der Waals surface area contributed by atoms with Crippen molar-refractivity contribution in [2.75, 3.05) is 10.8 Å². The number of carboxylic acids is 1. The Labute approximate surface area is 158 Å². The molecule has 2 aromatic rings. The number of hydrogen-bond acceptors (Lipinski definition) is 3. The van der Waals surface area contributed by atoms with Gasteiger partial charge in [0.2, 0.25) is 0 Å². The van der Waals surface area contributed by atoms with Crippen LogP contribution in [-0.2, 0) is 14.8 Å². The number of hydrogen-bond donors (Lipinski definition) is 1. The molecule has 0 heterocycles. The summed E-state index contributed by atoms with van der Waals surface area (Å²) in [5.41, 5.74) is 0.00342. The summed E-state index contributed by atoms with van der Waals surface area (Å²) >= 11 is 17.5. The lowest BCUT2D eigenvalue weighted by Crippen LogP contribution is -2.33. The topological polar surface area (TPSA) is 74.7 Å². The summed E-state index contributed by atoms with van der Waals surface area (Å²) in [6, 6.07) is 7.13. The van der Waals surface area contributed by atoms with Gasteiger partial charge in [-0.15, -0.1) is 0 Å². The normalized spacial score (nSPS) is 11.4. The van der Waals surface area contributed by atoms with Gasteiger partial charge in [-0.3, -0.25) is 9.10 Å². The van der Waals surface area contributed by atoms with E-state index >= 15 is 0 Å². The van der Waals surface area contributed by atoms with Gasteiger partial charge in [-0.05, 0) is 36.4 Å². The number of halogens is 4. The number of carboxylic acid groups (broad SMARTS) is 1. The van der Waals surface area contributed by atoms with E-state index in [-0.39, 0.29) is 25.7 Å². The van der Waals surface area contributed by atoms with Crippen molar-refractivity contribution in [1.29, 1.82) is 0 Å². The number of rotatable bonds is 6. The van der Waals surface area contributed by atoms with E-state index < -0.39 is 34.8 Å². The summed E-state index contributed by atoms with van der Waals surface area (Å²) in [6.07, 6.45) is -0.480. The number of benzene rings is 2. The molecule has 0 aromatic heterocycles. The van der Waals surface area contributed by atoms with Crippen molar-refractivity contribution in [2.24, 2.45) is 0 Å². The standard InChI is InChI=1S/C15H11Cl3FNO4S/c16-9-1-3-11(17)14(7-9)25(23,24)20(6-5-15(21)22)10-2-4-13(19)12(18)8-10/h1-4,7-8H,5-6H2,(H,21,22). The number of nitrogens with zero attached hydrogens (tertiary/aromatic N) is 1. The van der Waals surface area contributed by atoms with Gasteiger partial charge in [0.05, 0.1) is 22.2 Å². The van der Waals surface area contributed by atoms with Crippen LogP contribution < -0.4 is 4.31 Å². The molecule has 2 rings (SSSR count). The quantitative estimate of drug-likeness (QED) is 0.740.